The molecule has 12 atom stereocenters. The lowest BCUT2D eigenvalue weighted by Gasteiger charge is -2.62. The van der Waals surface area contributed by atoms with Crippen LogP contribution in [-0.4, -0.2) is 177 Å². The number of aliphatic carboxylic acids is 2. The molecule has 0 radical (unpaired) electrons. The molecule has 0 saturated heterocycles. The smallest absolute Gasteiger partial charge is 0.415 e. The van der Waals surface area contributed by atoms with E-state index in [1.54, 1.807) is 59.9 Å². The number of aromatic nitrogens is 1. The second-order valence-electron chi connectivity index (χ2n) is 27.1. The molecule has 4 saturated carbocycles. The van der Waals surface area contributed by atoms with Crippen molar-refractivity contribution in [2.45, 2.75) is 176 Å². The molecule has 0 spiro atoms. The number of aliphatic hydroxyl groups is 2. The second-order valence-corrected chi connectivity index (χ2v) is 29.1. The van der Waals surface area contributed by atoms with Crippen molar-refractivity contribution < 1.29 is 73.0 Å². The zero-order valence-electron chi connectivity index (χ0n) is 53.4. The largest absolute Gasteiger partial charge is 0.480 e. The number of aliphatic imine (C=N–C) groups is 1. The maximum Gasteiger partial charge on any atom is 0.415 e. The number of carboxylic acids is 2. The molecule has 1 aromatic carbocycles. The molecule has 8 rings (SSSR count). The summed E-state index contributed by atoms with van der Waals surface area (Å²) in [6.07, 6.45) is 8.63. The summed E-state index contributed by atoms with van der Waals surface area (Å²) in [7, 11) is 1.60. The van der Waals surface area contributed by atoms with Crippen LogP contribution in [-0.2, 0) is 43.0 Å². The average molecular weight is 1280 g/mol. The lowest BCUT2D eigenvalue weighted by atomic mass is 9.43. The number of carbonyl (C=O) groups is 8. The zero-order chi connectivity index (χ0) is 64.7. The number of nitrogens with zero attached hydrogens (tertiary/aromatic N) is 4. The predicted octanol–water partition coefficient (Wildman–Crippen LogP) is 8.41. The minimum Gasteiger partial charge on any atom is -0.480 e. The number of benzene rings is 1. The van der Waals surface area contributed by atoms with Crippen LogP contribution in [0, 0.1) is 51.8 Å². The number of allylic oxidation sites excluding steroid dienone is 4. The van der Waals surface area contributed by atoms with Crippen LogP contribution in [0.1, 0.15) is 157 Å². The van der Waals surface area contributed by atoms with Crippen LogP contribution in [0.15, 0.2) is 45.5 Å². The number of carbonyl (C=O) groups excluding carboxylic acids is 6. The number of amides is 4. The molecular formula is C66H94N6O15S2. The molecule has 2 unspecified atom stereocenters. The highest BCUT2D eigenvalue weighted by atomic mass is 32.2. The average Bonchev–Trinajstić information content (AvgIpc) is 1.69. The number of ketones is 2. The lowest BCUT2D eigenvalue weighted by Crippen LogP contribution is -2.58. The Morgan fingerprint density at radius 1 is 0.831 bits per heavy atom. The molecule has 4 fully saturated rings. The van der Waals surface area contributed by atoms with Crippen molar-refractivity contribution in [3.8, 4) is 5.75 Å². The molecule has 6 N–H and O–H groups in total. The van der Waals surface area contributed by atoms with Gasteiger partial charge >= 0.3 is 18.0 Å². The van der Waals surface area contributed by atoms with Gasteiger partial charge in [-0.25, -0.2) is 19.4 Å². The van der Waals surface area contributed by atoms with E-state index in [2.05, 4.69) is 41.4 Å². The number of aliphatic hydroxyl groups excluding tert-OH is 2. The van der Waals surface area contributed by atoms with E-state index in [1.807, 2.05) is 0 Å². The first-order valence-corrected chi connectivity index (χ1v) is 33.8. The maximum absolute atomic E-state index is 13.9. The van der Waals surface area contributed by atoms with E-state index in [0.29, 0.717) is 97.8 Å². The SMILES string of the molecule is CC1=C(C)C(=O)C(C(C)(C)CC(=O)N(C)CCN(CCOCCOCCC(=O)NCCCCC(NC(=O)CC[C@@H](C)[C@H]2CC[C@H]3[C@@H]4CC[C@@H]5C[C@H](O)CC[C@]5(C)[C@H]4C[C@H](O)[C@]23C)C(=O)O)C(=O)Oc2ccc3nc(C4=NC(C(=O)O)CS4)sc3c2)=C(C)C1=O. The lowest BCUT2D eigenvalue weighted by molar-refractivity contribution is -0.175. The van der Waals surface area contributed by atoms with E-state index < -0.39 is 41.6 Å². The number of fused-ring (bicyclic) bond motifs is 6. The number of unbranched alkanes of at least 4 members (excludes halogenated alkanes) is 1. The Morgan fingerprint density at radius 2 is 1.56 bits per heavy atom. The van der Waals surface area contributed by atoms with Crippen molar-refractivity contribution in [2.75, 3.05) is 65.4 Å². The van der Waals surface area contributed by atoms with E-state index in [4.69, 9.17) is 14.2 Å². The van der Waals surface area contributed by atoms with E-state index in [9.17, 15) is 58.8 Å². The summed E-state index contributed by atoms with van der Waals surface area (Å²) in [6, 6.07) is 3.07. The number of Topliss-reactive ketones (excluding diaryl/α,β-unsaturated/α-hetero) is 2. The molecule has 2 heterocycles. The van der Waals surface area contributed by atoms with Gasteiger partial charge in [0.05, 0.1) is 48.9 Å². The fraction of sp³-hybridized carbons (Fsp3) is 0.697. The Hall–Kier alpha value is -5.59. The molecule has 21 nitrogen and oxygen atoms in total. The number of likely N-dealkylation sites (N-methyl/N-ethyl adjacent to an activating group) is 1. The Bertz CT molecular complexity index is 3090. The zero-order valence-corrected chi connectivity index (χ0v) is 55.0. The summed E-state index contributed by atoms with van der Waals surface area (Å²) in [5.74, 6) is -0.445. The third-order valence-electron chi connectivity index (χ3n) is 21.1. The summed E-state index contributed by atoms with van der Waals surface area (Å²) in [6.45, 7) is 16.3. The normalized spacial score (nSPS) is 27.5. The van der Waals surface area contributed by atoms with Gasteiger partial charge in [-0.3, -0.25) is 29.0 Å². The summed E-state index contributed by atoms with van der Waals surface area (Å²) in [5, 5.41) is 48.5. The van der Waals surface area contributed by atoms with Crippen LogP contribution in [0.2, 0.25) is 0 Å². The number of nitrogens with one attached hydrogen (secondary N) is 2. The van der Waals surface area contributed by atoms with Gasteiger partial charge in [0.1, 0.15) is 21.8 Å². The van der Waals surface area contributed by atoms with Crippen molar-refractivity contribution in [3.63, 3.8) is 0 Å². The number of rotatable bonds is 29. The Kier molecular flexibility index (Phi) is 23.2. The van der Waals surface area contributed by atoms with Crippen molar-refractivity contribution in [3.05, 3.63) is 45.5 Å². The first-order chi connectivity index (χ1) is 42.1. The summed E-state index contributed by atoms with van der Waals surface area (Å²) in [5.41, 5.74) is 0.976. The molecule has 6 aliphatic rings. The van der Waals surface area contributed by atoms with E-state index in [1.165, 1.54) is 32.9 Å². The molecule has 0 bridgehead atoms. The van der Waals surface area contributed by atoms with Crippen LogP contribution in [0.3, 0.4) is 0 Å². The molecule has 490 valence electrons. The number of hydrogen-bond acceptors (Lipinski definition) is 17. The molecule has 5 aliphatic carbocycles. The topological polar surface area (TPSA) is 301 Å². The Labute approximate surface area is 531 Å². The quantitative estimate of drug-likeness (QED) is 0.0329. The monoisotopic (exact) mass is 1270 g/mol. The van der Waals surface area contributed by atoms with E-state index in [-0.39, 0.29) is 136 Å². The fourth-order valence-corrected chi connectivity index (χ4v) is 17.8. The second kappa shape index (κ2) is 29.8. The third-order valence-corrected chi connectivity index (χ3v) is 23.3. The molecular weight excluding hydrogens is 1180 g/mol. The summed E-state index contributed by atoms with van der Waals surface area (Å²) < 4.78 is 18.0. The van der Waals surface area contributed by atoms with Gasteiger partial charge in [-0.05, 0) is 156 Å². The van der Waals surface area contributed by atoms with Gasteiger partial charge in [0.15, 0.2) is 17.6 Å². The molecule has 2 aromatic rings. The molecule has 89 heavy (non-hydrogen) atoms. The number of ether oxygens (including phenoxy) is 3. The van der Waals surface area contributed by atoms with Crippen molar-refractivity contribution in [1.29, 1.82) is 0 Å². The van der Waals surface area contributed by atoms with Crippen LogP contribution in [0.4, 0.5) is 4.79 Å². The molecule has 23 heteroatoms. The van der Waals surface area contributed by atoms with Crippen LogP contribution >= 0.6 is 23.1 Å². The maximum atomic E-state index is 13.9. The van der Waals surface area contributed by atoms with Crippen molar-refractivity contribution >= 4 is 85.7 Å². The summed E-state index contributed by atoms with van der Waals surface area (Å²) in [4.78, 5) is 115. The number of carboxylic acid groups (broad SMARTS) is 2. The van der Waals surface area contributed by atoms with Gasteiger partial charge in [0.2, 0.25) is 17.7 Å². The van der Waals surface area contributed by atoms with Crippen molar-refractivity contribution in [1.82, 2.24) is 25.4 Å². The third kappa shape index (κ3) is 16.0. The number of hydrogen-bond donors (Lipinski definition) is 6. The number of thiazole rings is 1. The van der Waals surface area contributed by atoms with Crippen LogP contribution < -0.4 is 15.4 Å². The molecule has 4 amide bonds. The fourth-order valence-electron chi connectivity index (χ4n) is 15.7. The van der Waals surface area contributed by atoms with Gasteiger partial charge in [-0.2, -0.15) is 0 Å². The minimum absolute atomic E-state index is 0.0470. The highest BCUT2D eigenvalue weighted by Crippen LogP contribution is 2.68. The molecule has 1 aliphatic heterocycles. The van der Waals surface area contributed by atoms with Gasteiger partial charge in [-0.1, -0.05) is 34.6 Å². The van der Waals surface area contributed by atoms with Crippen molar-refractivity contribution in [2.24, 2.45) is 56.7 Å². The Morgan fingerprint density at radius 3 is 2.28 bits per heavy atom. The van der Waals surface area contributed by atoms with E-state index in [0.717, 1.165) is 51.4 Å². The minimum atomic E-state index is -1.11. The number of thioether (sulfide) groups is 1. The first kappa shape index (κ1) is 69.3. The van der Waals surface area contributed by atoms with E-state index >= 15 is 0 Å². The van der Waals surface area contributed by atoms with Gasteiger partial charge in [-0.15, -0.1) is 23.1 Å². The van der Waals surface area contributed by atoms with Crippen LogP contribution in [0.25, 0.3) is 10.2 Å². The van der Waals surface area contributed by atoms with Gasteiger partial charge in [0.25, 0.3) is 0 Å². The molecule has 1 aromatic heterocycles. The van der Waals surface area contributed by atoms with Crippen LogP contribution in [0.5, 0.6) is 5.75 Å². The predicted molar refractivity (Wildman–Crippen MR) is 338 cm³/mol. The van der Waals surface area contributed by atoms with Gasteiger partial charge < -0.3 is 55.1 Å². The first-order valence-electron chi connectivity index (χ1n) is 32.0. The van der Waals surface area contributed by atoms with Gasteiger partial charge in [0, 0.05) is 92.0 Å². The Balaban J connectivity index is 0.731. The standard InChI is InChI=1S/C66H94N6O15S2/c1-37(45-17-18-46-44-16-14-41-32-42(73)21-23-65(41,7)47(44)34-52(74)66(45,46)8)13-20-54(76)68-49(61(80)81)12-10-11-24-67-53(75)22-28-85-30-31-86-29-27-72(26-25-71(9)55(77)35-64(5,6)56-40(4)57(78)38(2)39(3)58(56)79)63(84)87-43-15-19-48-51(33-43)89-60(69-48)59-70-50(36-88-59)62(82)83/h15,19,33,37,41-42,44-47,49-50,52,73-74H,10-14,16-18,20-32,34-36H2,1-9H3,(H,67,75)(H,68,76)(H,80,81)(H,82,83)/t37-,41-,42-,44+,45-,46+,47+,49?,50?,52+,65+,66-/m1/s1. The highest BCUT2D eigenvalue weighted by Gasteiger charge is 2.64. The summed E-state index contributed by atoms with van der Waals surface area (Å²) >= 11 is 2.61. The highest BCUT2D eigenvalue weighted by molar-refractivity contribution is 8.15.